The molecular formula is C20H18N2O3. The maximum absolute atomic E-state index is 12.1. The highest BCUT2D eigenvalue weighted by Crippen LogP contribution is 2.32. The van der Waals surface area contributed by atoms with Crippen molar-refractivity contribution < 1.29 is 14.3 Å². The summed E-state index contributed by atoms with van der Waals surface area (Å²) >= 11 is 0. The fourth-order valence-electron chi connectivity index (χ4n) is 2.20. The second-order valence-electron chi connectivity index (χ2n) is 5.39. The van der Waals surface area contributed by atoms with E-state index < -0.39 is 0 Å². The monoisotopic (exact) mass is 334 g/mol. The van der Waals surface area contributed by atoms with Gasteiger partial charge in [0.15, 0.2) is 11.5 Å². The number of ether oxygens (including phenoxy) is 2. The zero-order valence-corrected chi connectivity index (χ0v) is 13.8. The van der Waals surface area contributed by atoms with Crippen LogP contribution in [-0.4, -0.2) is 18.4 Å². The molecule has 1 aliphatic heterocycles. The van der Waals surface area contributed by atoms with E-state index in [1.54, 1.807) is 18.2 Å². The lowest BCUT2D eigenvalue weighted by Crippen LogP contribution is -2.18. The molecule has 126 valence electrons. The van der Waals surface area contributed by atoms with E-state index in [-0.39, 0.29) is 12.7 Å². The summed E-state index contributed by atoms with van der Waals surface area (Å²) in [7, 11) is 0. The van der Waals surface area contributed by atoms with Gasteiger partial charge in [0.25, 0.3) is 5.91 Å². The number of allylic oxidation sites excluding steroid dienone is 3. The van der Waals surface area contributed by atoms with Crippen molar-refractivity contribution in [2.45, 2.75) is 6.92 Å². The van der Waals surface area contributed by atoms with Crippen molar-refractivity contribution >= 4 is 17.7 Å². The number of carbonyl (C=O) groups excluding carboxylic acids is 1. The molecule has 3 rings (SSSR count). The summed E-state index contributed by atoms with van der Waals surface area (Å²) in [6.07, 6.45) is 7.61. The molecule has 0 bridgehead atoms. The molecule has 25 heavy (non-hydrogen) atoms. The van der Waals surface area contributed by atoms with Crippen LogP contribution in [0, 0.1) is 0 Å². The summed E-state index contributed by atoms with van der Waals surface area (Å²) < 4.78 is 10.5. The van der Waals surface area contributed by atoms with Crippen molar-refractivity contribution in [3.63, 3.8) is 0 Å². The molecule has 0 aromatic heterocycles. The van der Waals surface area contributed by atoms with E-state index in [0.29, 0.717) is 22.8 Å². The molecule has 2 aromatic carbocycles. The number of benzene rings is 2. The second-order valence-corrected chi connectivity index (χ2v) is 5.39. The van der Waals surface area contributed by atoms with Gasteiger partial charge in [0.05, 0.1) is 5.71 Å². The molecule has 0 aliphatic carbocycles. The van der Waals surface area contributed by atoms with Gasteiger partial charge in [-0.2, -0.15) is 5.10 Å². The number of nitrogens with zero attached hydrogens (tertiary/aromatic N) is 1. The van der Waals surface area contributed by atoms with Crippen LogP contribution in [0.1, 0.15) is 22.8 Å². The Bertz CT molecular complexity index is 839. The van der Waals surface area contributed by atoms with E-state index in [0.717, 1.165) is 5.56 Å². The van der Waals surface area contributed by atoms with E-state index in [2.05, 4.69) is 10.5 Å². The zero-order chi connectivity index (χ0) is 17.5. The summed E-state index contributed by atoms with van der Waals surface area (Å²) in [6, 6.07) is 15.0. The number of rotatable bonds is 5. The van der Waals surface area contributed by atoms with Crippen molar-refractivity contribution in [3.8, 4) is 11.5 Å². The van der Waals surface area contributed by atoms with Gasteiger partial charge in [-0.1, -0.05) is 48.6 Å². The highest BCUT2D eigenvalue weighted by molar-refractivity contribution is 5.98. The Morgan fingerprint density at radius 2 is 1.88 bits per heavy atom. The summed E-state index contributed by atoms with van der Waals surface area (Å²) in [4.78, 5) is 12.1. The molecule has 0 saturated heterocycles. The normalized spacial score (nSPS) is 13.6. The third kappa shape index (κ3) is 4.57. The van der Waals surface area contributed by atoms with Gasteiger partial charge in [0.1, 0.15) is 0 Å². The largest absolute Gasteiger partial charge is 0.454 e. The summed E-state index contributed by atoms with van der Waals surface area (Å²) in [5.41, 5.74) is 4.80. The van der Waals surface area contributed by atoms with Crippen LogP contribution in [0.15, 0.2) is 71.9 Å². The average Bonchev–Trinajstić information content (AvgIpc) is 3.12. The van der Waals surface area contributed by atoms with Crippen molar-refractivity contribution in [2.24, 2.45) is 5.10 Å². The number of hydrogen-bond donors (Lipinski definition) is 1. The Morgan fingerprint density at radius 1 is 1.08 bits per heavy atom. The van der Waals surface area contributed by atoms with Crippen molar-refractivity contribution in [1.29, 1.82) is 0 Å². The Kier molecular flexibility index (Phi) is 5.26. The van der Waals surface area contributed by atoms with Gasteiger partial charge in [-0.05, 0) is 36.8 Å². The Hall–Kier alpha value is -3.34. The van der Waals surface area contributed by atoms with Gasteiger partial charge < -0.3 is 9.47 Å². The smallest absolute Gasteiger partial charge is 0.271 e. The van der Waals surface area contributed by atoms with E-state index >= 15 is 0 Å². The lowest BCUT2D eigenvalue weighted by Gasteiger charge is -2.02. The fourth-order valence-corrected chi connectivity index (χ4v) is 2.20. The maximum Gasteiger partial charge on any atom is 0.271 e. The topological polar surface area (TPSA) is 59.9 Å². The van der Waals surface area contributed by atoms with Gasteiger partial charge in [-0.25, -0.2) is 5.43 Å². The van der Waals surface area contributed by atoms with Crippen molar-refractivity contribution in [3.05, 3.63) is 77.9 Å². The number of hydrazone groups is 1. The molecule has 0 spiro atoms. The van der Waals surface area contributed by atoms with Crippen LogP contribution >= 0.6 is 0 Å². The number of carbonyl (C=O) groups is 1. The van der Waals surface area contributed by atoms with Gasteiger partial charge in [-0.3, -0.25) is 4.79 Å². The van der Waals surface area contributed by atoms with Crippen LogP contribution < -0.4 is 14.9 Å². The molecule has 0 atom stereocenters. The van der Waals surface area contributed by atoms with Crippen LogP contribution in [0.2, 0.25) is 0 Å². The molecule has 5 heteroatoms. The molecule has 0 unspecified atom stereocenters. The highest BCUT2D eigenvalue weighted by atomic mass is 16.7. The van der Waals surface area contributed by atoms with Gasteiger partial charge >= 0.3 is 0 Å². The fraction of sp³-hybridized carbons (Fsp3) is 0.100. The lowest BCUT2D eigenvalue weighted by atomic mass is 10.2. The molecule has 5 nitrogen and oxygen atoms in total. The van der Waals surface area contributed by atoms with E-state index in [1.807, 2.05) is 61.6 Å². The van der Waals surface area contributed by atoms with Crippen LogP contribution in [-0.2, 0) is 0 Å². The predicted molar refractivity (Wildman–Crippen MR) is 97.8 cm³/mol. The van der Waals surface area contributed by atoms with Crippen LogP contribution in [0.5, 0.6) is 11.5 Å². The molecule has 1 heterocycles. The quantitative estimate of drug-likeness (QED) is 0.514. The first kappa shape index (κ1) is 16.5. The lowest BCUT2D eigenvalue weighted by molar-refractivity contribution is 0.0954. The number of nitrogens with one attached hydrogen (secondary N) is 1. The minimum absolute atomic E-state index is 0.180. The van der Waals surface area contributed by atoms with E-state index in [9.17, 15) is 4.79 Å². The van der Waals surface area contributed by atoms with Crippen molar-refractivity contribution in [2.75, 3.05) is 6.79 Å². The predicted octanol–water partition coefficient (Wildman–Crippen LogP) is 3.79. The Labute approximate surface area is 146 Å². The summed E-state index contributed by atoms with van der Waals surface area (Å²) in [6.45, 7) is 1.99. The molecule has 1 amide bonds. The van der Waals surface area contributed by atoms with Crippen LogP contribution in [0.25, 0.3) is 6.08 Å². The first-order valence-corrected chi connectivity index (χ1v) is 7.86. The third-order valence-electron chi connectivity index (χ3n) is 3.51. The van der Waals surface area contributed by atoms with Gasteiger partial charge in [-0.15, -0.1) is 0 Å². The molecule has 1 aliphatic rings. The Balaban J connectivity index is 1.55. The number of amides is 1. The van der Waals surface area contributed by atoms with Gasteiger partial charge in [0, 0.05) is 5.56 Å². The first-order valence-electron chi connectivity index (χ1n) is 7.86. The minimum atomic E-state index is -0.300. The maximum atomic E-state index is 12.1. The molecule has 1 N–H and O–H groups in total. The zero-order valence-electron chi connectivity index (χ0n) is 13.8. The highest BCUT2D eigenvalue weighted by Gasteiger charge is 2.15. The van der Waals surface area contributed by atoms with Crippen LogP contribution in [0.3, 0.4) is 0 Å². The third-order valence-corrected chi connectivity index (χ3v) is 3.51. The SMILES string of the molecule is CC(/C=C/C=C/c1ccccc1)=N\NC(=O)c1ccc2c(c1)OCO2. The van der Waals surface area contributed by atoms with Crippen LogP contribution in [0.4, 0.5) is 0 Å². The summed E-state index contributed by atoms with van der Waals surface area (Å²) in [5, 5.41) is 4.06. The first-order chi connectivity index (χ1) is 12.2. The average molecular weight is 334 g/mol. The van der Waals surface area contributed by atoms with Crippen molar-refractivity contribution in [1.82, 2.24) is 5.43 Å². The standard InChI is InChI=1S/C20H18N2O3/c1-15(7-5-6-10-16-8-3-2-4-9-16)21-22-20(23)17-11-12-18-19(13-17)25-14-24-18/h2-13H,14H2,1H3,(H,22,23)/b7-5+,10-6+,21-15+. The number of hydrogen-bond acceptors (Lipinski definition) is 4. The molecule has 0 radical (unpaired) electrons. The molecule has 0 saturated carbocycles. The number of fused-ring (bicyclic) bond motifs is 1. The molecular weight excluding hydrogens is 316 g/mol. The minimum Gasteiger partial charge on any atom is -0.454 e. The molecule has 0 fully saturated rings. The second kappa shape index (κ2) is 7.97. The molecule has 2 aromatic rings. The van der Waals surface area contributed by atoms with Gasteiger partial charge in [0.2, 0.25) is 6.79 Å². The van der Waals surface area contributed by atoms with E-state index in [4.69, 9.17) is 9.47 Å². The summed E-state index contributed by atoms with van der Waals surface area (Å²) in [5.74, 6) is 0.912. The Morgan fingerprint density at radius 3 is 2.72 bits per heavy atom. The van der Waals surface area contributed by atoms with E-state index in [1.165, 1.54) is 0 Å².